The number of piperidine rings is 1. The summed E-state index contributed by atoms with van der Waals surface area (Å²) in [6.07, 6.45) is 3.00. The number of anilines is 2. The van der Waals surface area contributed by atoms with E-state index in [2.05, 4.69) is 23.2 Å². The number of carboxylic acids is 1. The number of nitrogen functional groups attached to an aromatic ring is 1. The highest BCUT2D eigenvalue weighted by Gasteiger charge is 2.24. The summed E-state index contributed by atoms with van der Waals surface area (Å²) >= 11 is 1.15. The lowest BCUT2D eigenvalue weighted by Crippen LogP contribution is -2.45. The molecule has 1 unspecified atom stereocenters. The number of nitrogens with two attached hydrogens (primary N) is 1. The van der Waals surface area contributed by atoms with Crippen LogP contribution >= 0.6 is 11.3 Å². The molecule has 0 amide bonds. The predicted octanol–water partition coefficient (Wildman–Crippen LogP) is 4.68. The van der Waals surface area contributed by atoms with Crippen LogP contribution in [0.3, 0.4) is 0 Å². The van der Waals surface area contributed by atoms with Crippen LogP contribution < -0.4 is 20.7 Å². The van der Waals surface area contributed by atoms with Gasteiger partial charge in [-0.3, -0.25) is 0 Å². The van der Waals surface area contributed by atoms with Gasteiger partial charge in [0.1, 0.15) is 34.0 Å². The molecule has 0 bridgehead atoms. The molecule has 2 aromatic heterocycles. The Morgan fingerprint density at radius 1 is 1.24 bits per heavy atom. The minimum atomic E-state index is -1.01. The van der Waals surface area contributed by atoms with Crippen LogP contribution in [0.25, 0.3) is 21.0 Å². The number of aryl methyl sites for hydroxylation is 1. The second-order valence-corrected chi connectivity index (χ2v) is 10.8. The highest BCUT2D eigenvalue weighted by atomic mass is 32.1. The number of carboxylic acid groups (broad SMARTS) is 1. The molecule has 0 radical (unpaired) electrons. The summed E-state index contributed by atoms with van der Waals surface area (Å²) in [5, 5.41) is 26.5. The molecule has 1 atom stereocenters. The lowest BCUT2D eigenvalue weighted by Gasteiger charge is -2.34. The number of hydrogen-bond donors (Lipinski definition) is 4. The summed E-state index contributed by atoms with van der Waals surface area (Å²) < 4.78 is 5.94. The fourth-order valence-corrected chi connectivity index (χ4v) is 6.13. The van der Waals surface area contributed by atoms with E-state index in [-0.39, 0.29) is 11.5 Å². The van der Waals surface area contributed by atoms with Gasteiger partial charge in [-0.1, -0.05) is 49.7 Å². The van der Waals surface area contributed by atoms with Gasteiger partial charge in [0.05, 0.1) is 5.69 Å². The third-order valence-electron chi connectivity index (χ3n) is 7.12. The maximum Gasteiger partial charge on any atom is 0.348 e. The van der Waals surface area contributed by atoms with Gasteiger partial charge in [0, 0.05) is 36.4 Å². The SMILES string of the molecule is CCCc1cc(N2CCC(NCC(O)COc3cccc4ccccc34)CC2)nc2sc(C(=O)O)c(N)c12. The standard InChI is InChI=1S/C29H34N4O4S/c1-2-6-19-15-24(32-28-25(19)26(30)27(38-28)29(35)36)33-13-11-20(12-14-33)31-16-21(34)17-37-23-10-5-8-18-7-3-4-9-22(18)23/h3-5,7-10,15,20-21,31,34H,2,6,11-14,16-17,30H2,1H3,(H,35,36). The lowest BCUT2D eigenvalue weighted by molar-refractivity contribution is 0.0703. The predicted molar refractivity (Wildman–Crippen MR) is 154 cm³/mol. The Labute approximate surface area is 226 Å². The fraction of sp³-hybridized carbons (Fsp3) is 0.379. The van der Waals surface area contributed by atoms with E-state index in [9.17, 15) is 15.0 Å². The Kier molecular flexibility index (Phi) is 7.97. The van der Waals surface area contributed by atoms with Gasteiger partial charge in [0.15, 0.2) is 0 Å². The van der Waals surface area contributed by atoms with Gasteiger partial charge in [0.2, 0.25) is 0 Å². The van der Waals surface area contributed by atoms with Crippen LogP contribution in [0.1, 0.15) is 41.4 Å². The number of nitrogens with one attached hydrogen (secondary N) is 1. The van der Waals surface area contributed by atoms with E-state index in [1.807, 2.05) is 42.5 Å². The van der Waals surface area contributed by atoms with E-state index >= 15 is 0 Å². The fourth-order valence-electron chi connectivity index (χ4n) is 5.15. The zero-order valence-electron chi connectivity index (χ0n) is 21.5. The van der Waals surface area contributed by atoms with Crippen LogP contribution in [0.15, 0.2) is 48.5 Å². The molecule has 200 valence electrons. The Morgan fingerprint density at radius 2 is 2.00 bits per heavy atom. The van der Waals surface area contributed by atoms with E-state index in [0.29, 0.717) is 23.1 Å². The minimum absolute atomic E-state index is 0.160. The second kappa shape index (κ2) is 11.6. The van der Waals surface area contributed by atoms with Crippen molar-refractivity contribution in [3.8, 4) is 5.75 Å². The topological polar surface area (TPSA) is 121 Å². The molecule has 1 aliphatic heterocycles. The van der Waals surface area contributed by atoms with E-state index < -0.39 is 12.1 Å². The van der Waals surface area contributed by atoms with Crippen LogP contribution in [0.5, 0.6) is 5.75 Å². The summed E-state index contributed by atoms with van der Waals surface area (Å²) in [5.74, 6) is 0.651. The number of benzene rings is 2. The highest BCUT2D eigenvalue weighted by Crippen LogP contribution is 2.37. The van der Waals surface area contributed by atoms with Crippen LogP contribution in [-0.2, 0) is 6.42 Å². The Bertz CT molecular complexity index is 1430. The molecule has 38 heavy (non-hydrogen) atoms. The van der Waals surface area contributed by atoms with Crippen molar-refractivity contribution in [3.63, 3.8) is 0 Å². The molecule has 0 saturated carbocycles. The number of aliphatic hydroxyl groups excluding tert-OH is 1. The molecule has 5 N–H and O–H groups in total. The summed E-state index contributed by atoms with van der Waals surface area (Å²) in [5.41, 5.74) is 7.58. The van der Waals surface area contributed by atoms with Gasteiger partial charge in [-0.2, -0.15) is 0 Å². The van der Waals surface area contributed by atoms with Crippen molar-refractivity contribution >= 4 is 49.8 Å². The van der Waals surface area contributed by atoms with Crippen molar-refractivity contribution in [2.45, 2.75) is 44.8 Å². The van der Waals surface area contributed by atoms with Gasteiger partial charge >= 0.3 is 5.97 Å². The third kappa shape index (κ3) is 5.55. The van der Waals surface area contributed by atoms with E-state index in [1.54, 1.807) is 0 Å². The Morgan fingerprint density at radius 3 is 2.76 bits per heavy atom. The maximum absolute atomic E-state index is 11.6. The number of aliphatic hydroxyl groups is 1. The van der Waals surface area contributed by atoms with Gasteiger partial charge in [-0.15, -0.1) is 11.3 Å². The number of hydrogen-bond acceptors (Lipinski definition) is 8. The number of carbonyl (C=O) groups is 1. The first-order valence-electron chi connectivity index (χ1n) is 13.2. The maximum atomic E-state index is 11.6. The van der Waals surface area contributed by atoms with Crippen molar-refractivity contribution in [1.82, 2.24) is 10.3 Å². The first-order chi connectivity index (χ1) is 18.4. The lowest BCUT2D eigenvalue weighted by atomic mass is 10.0. The molecule has 1 saturated heterocycles. The zero-order chi connectivity index (χ0) is 26.6. The van der Waals surface area contributed by atoms with E-state index in [1.165, 1.54) is 0 Å². The average molecular weight is 535 g/mol. The molecular formula is C29H34N4O4S. The van der Waals surface area contributed by atoms with Crippen molar-refractivity contribution in [2.24, 2.45) is 0 Å². The monoisotopic (exact) mass is 534 g/mol. The summed E-state index contributed by atoms with van der Waals surface area (Å²) in [6, 6.07) is 16.4. The van der Waals surface area contributed by atoms with Crippen LogP contribution in [-0.4, -0.2) is 59.6 Å². The molecule has 3 heterocycles. The molecule has 5 rings (SSSR count). The molecule has 1 aliphatic rings. The molecule has 4 aromatic rings. The van der Waals surface area contributed by atoms with Gasteiger partial charge in [0.25, 0.3) is 0 Å². The Hall–Kier alpha value is -3.40. The van der Waals surface area contributed by atoms with Crippen molar-refractivity contribution in [2.75, 3.05) is 36.9 Å². The molecule has 1 fully saturated rings. The van der Waals surface area contributed by atoms with Gasteiger partial charge < -0.3 is 30.9 Å². The van der Waals surface area contributed by atoms with Crippen LogP contribution in [0.2, 0.25) is 0 Å². The number of ether oxygens (including phenoxy) is 1. The number of rotatable bonds is 10. The van der Waals surface area contributed by atoms with E-state index in [4.69, 9.17) is 15.5 Å². The van der Waals surface area contributed by atoms with Gasteiger partial charge in [-0.05, 0) is 42.3 Å². The quantitative estimate of drug-likeness (QED) is 0.231. The molecule has 2 aromatic carbocycles. The van der Waals surface area contributed by atoms with Crippen LogP contribution in [0, 0.1) is 0 Å². The second-order valence-electron chi connectivity index (χ2n) is 9.83. The highest BCUT2D eigenvalue weighted by molar-refractivity contribution is 7.21. The normalized spacial score (nSPS) is 15.3. The number of pyridine rings is 1. The number of nitrogens with zero attached hydrogens (tertiary/aromatic N) is 2. The number of aromatic nitrogens is 1. The molecule has 0 aliphatic carbocycles. The number of aromatic carboxylic acids is 1. The largest absolute Gasteiger partial charge is 0.490 e. The van der Waals surface area contributed by atoms with Crippen molar-refractivity contribution < 1.29 is 19.7 Å². The number of thiophene rings is 1. The number of fused-ring (bicyclic) bond motifs is 2. The zero-order valence-corrected chi connectivity index (χ0v) is 22.3. The minimum Gasteiger partial charge on any atom is -0.490 e. The third-order valence-corrected chi connectivity index (χ3v) is 8.21. The smallest absolute Gasteiger partial charge is 0.348 e. The molecule has 8 nitrogen and oxygen atoms in total. The summed E-state index contributed by atoms with van der Waals surface area (Å²) in [6.45, 7) is 4.46. The molecule has 9 heteroatoms. The van der Waals surface area contributed by atoms with Crippen molar-refractivity contribution in [1.29, 1.82) is 0 Å². The first-order valence-corrected chi connectivity index (χ1v) is 14.0. The van der Waals surface area contributed by atoms with Crippen molar-refractivity contribution in [3.05, 3.63) is 59.0 Å². The van der Waals surface area contributed by atoms with Crippen LogP contribution in [0.4, 0.5) is 11.5 Å². The Balaban J connectivity index is 1.16. The summed E-state index contributed by atoms with van der Waals surface area (Å²) in [4.78, 5) is 19.5. The molecular weight excluding hydrogens is 500 g/mol. The average Bonchev–Trinajstić information content (AvgIpc) is 3.28. The molecule has 0 spiro atoms. The van der Waals surface area contributed by atoms with E-state index in [0.717, 1.165) is 83.4 Å². The summed E-state index contributed by atoms with van der Waals surface area (Å²) in [7, 11) is 0. The van der Waals surface area contributed by atoms with Gasteiger partial charge in [-0.25, -0.2) is 9.78 Å². The first kappa shape index (κ1) is 26.2.